The highest BCUT2D eigenvalue weighted by molar-refractivity contribution is 7.89. The van der Waals surface area contributed by atoms with Crippen molar-refractivity contribution >= 4 is 15.9 Å². The summed E-state index contributed by atoms with van der Waals surface area (Å²) < 4.78 is 32.5. The van der Waals surface area contributed by atoms with Crippen LogP contribution >= 0.6 is 0 Å². The van der Waals surface area contributed by atoms with Gasteiger partial charge in [0.25, 0.3) is 5.91 Å². The van der Waals surface area contributed by atoms with Gasteiger partial charge in [0.1, 0.15) is 0 Å². The molecule has 2 aromatic rings. The zero-order valence-corrected chi connectivity index (χ0v) is 18.0. The first-order valence-corrected chi connectivity index (χ1v) is 11.3. The number of nitrogens with zero attached hydrogens (tertiary/aromatic N) is 2. The van der Waals surface area contributed by atoms with Gasteiger partial charge in [-0.1, -0.05) is 32.9 Å². The number of sulfonamides is 1. The topological polar surface area (TPSA) is 82.9 Å². The Morgan fingerprint density at radius 2 is 1.72 bits per heavy atom. The lowest BCUT2D eigenvalue weighted by Gasteiger charge is -2.34. The second-order valence-electron chi connectivity index (χ2n) is 8.25. The van der Waals surface area contributed by atoms with E-state index in [0.717, 1.165) is 5.56 Å². The monoisotopic (exact) mass is 419 g/mol. The first kappa shape index (κ1) is 21.5. The molecule has 1 aromatic heterocycles. The van der Waals surface area contributed by atoms with Crippen LogP contribution < -0.4 is 5.32 Å². The zero-order chi connectivity index (χ0) is 21.1. The molecule has 1 amide bonds. The van der Waals surface area contributed by atoms with E-state index in [1.807, 2.05) is 12.1 Å². The summed E-state index contributed by atoms with van der Waals surface area (Å²) in [6.07, 6.45) is 1.46. The van der Waals surface area contributed by atoms with E-state index in [0.29, 0.717) is 49.9 Å². The summed E-state index contributed by atoms with van der Waals surface area (Å²) in [5, 5.41) is 2.81. The largest absolute Gasteiger partial charge is 0.459 e. The molecule has 0 radical (unpaired) electrons. The molecule has 1 N–H and O–H groups in total. The van der Waals surface area contributed by atoms with Gasteiger partial charge < -0.3 is 9.73 Å². The van der Waals surface area contributed by atoms with Crippen LogP contribution in [0.5, 0.6) is 0 Å². The highest BCUT2D eigenvalue weighted by atomic mass is 32.2. The van der Waals surface area contributed by atoms with E-state index >= 15 is 0 Å². The predicted octanol–water partition coefficient (Wildman–Crippen LogP) is 2.31. The predicted molar refractivity (Wildman–Crippen MR) is 111 cm³/mol. The Balaban J connectivity index is 1.50. The maximum Gasteiger partial charge on any atom is 0.287 e. The Kier molecular flexibility index (Phi) is 6.45. The molecule has 0 unspecified atom stereocenters. The molecular weight excluding hydrogens is 390 g/mol. The van der Waals surface area contributed by atoms with Crippen LogP contribution in [0.15, 0.2) is 52.0 Å². The minimum atomic E-state index is -3.49. The van der Waals surface area contributed by atoms with Crippen LogP contribution in [-0.2, 0) is 15.4 Å². The lowest BCUT2D eigenvalue weighted by atomic mass is 9.87. The van der Waals surface area contributed by atoms with E-state index in [9.17, 15) is 13.2 Å². The summed E-state index contributed by atoms with van der Waals surface area (Å²) >= 11 is 0. The molecule has 158 valence electrons. The second-order valence-corrected chi connectivity index (χ2v) is 10.2. The van der Waals surface area contributed by atoms with Crippen LogP contribution in [0.4, 0.5) is 0 Å². The number of carbonyl (C=O) groups excluding carboxylic acids is 1. The molecule has 0 saturated carbocycles. The van der Waals surface area contributed by atoms with Gasteiger partial charge in [-0.15, -0.1) is 0 Å². The number of carbonyl (C=O) groups is 1. The van der Waals surface area contributed by atoms with Crippen molar-refractivity contribution in [2.45, 2.75) is 31.1 Å². The van der Waals surface area contributed by atoms with Gasteiger partial charge in [0.2, 0.25) is 10.0 Å². The van der Waals surface area contributed by atoms with Gasteiger partial charge in [0.15, 0.2) is 5.76 Å². The van der Waals surface area contributed by atoms with Gasteiger partial charge in [-0.2, -0.15) is 4.31 Å². The van der Waals surface area contributed by atoms with Crippen LogP contribution in [0.3, 0.4) is 0 Å². The van der Waals surface area contributed by atoms with E-state index in [1.54, 1.807) is 24.3 Å². The molecule has 1 aliphatic heterocycles. The van der Waals surface area contributed by atoms with Crippen LogP contribution in [0.25, 0.3) is 0 Å². The van der Waals surface area contributed by atoms with Gasteiger partial charge in [-0.25, -0.2) is 8.42 Å². The van der Waals surface area contributed by atoms with E-state index in [-0.39, 0.29) is 11.3 Å². The molecule has 0 atom stereocenters. The lowest BCUT2D eigenvalue weighted by molar-refractivity contribution is 0.0917. The molecule has 1 aromatic carbocycles. The fourth-order valence-electron chi connectivity index (χ4n) is 3.29. The number of benzene rings is 1. The molecule has 2 heterocycles. The van der Waals surface area contributed by atoms with Crippen LogP contribution in [0, 0.1) is 0 Å². The maximum absolute atomic E-state index is 12.9. The Hall–Kier alpha value is -2.16. The molecular formula is C21H29N3O4S. The molecule has 0 spiro atoms. The SMILES string of the molecule is CC(C)(C)c1ccc(S(=O)(=O)N2CCN(CCNC(=O)c3ccco3)CC2)cc1. The van der Waals surface area contributed by atoms with Crippen molar-refractivity contribution in [3.05, 3.63) is 54.0 Å². The molecule has 7 nitrogen and oxygen atoms in total. The Bertz CT molecular complexity index is 908. The highest BCUT2D eigenvalue weighted by Crippen LogP contribution is 2.25. The summed E-state index contributed by atoms with van der Waals surface area (Å²) in [6.45, 7) is 9.62. The number of rotatable bonds is 6. The highest BCUT2D eigenvalue weighted by Gasteiger charge is 2.28. The fourth-order valence-corrected chi connectivity index (χ4v) is 4.71. The van der Waals surface area contributed by atoms with Gasteiger partial charge in [-0.05, 0) is 35.2 Å². The first-order chi connectivity index (χ1) is 13.7. The van der Waals surface area contributed by atoms with Crippen LogP contribution in [0.1, 0.15) is 36.9 Å². The third-order valence-electron chi connectivity index (χ3n) is 5.15. The van der Waals surface area contributed by atoms with Gasteiger partial charge >= 0.3 is 0 Å². The summed E-state index contributed by atoms with van der Waals surface area (Å²) in [6, 6.07) is 10.5. The Morgan fingerprint density at radius 3 is 2.28 bits per heavy atom. The van der Waals surface area contributed by atoms with Crippen molar-refractivity contribution in [3.63, 3.8) is 0 Å². The molecule has 0 aliphatic carbocycles. The number of nitrogens with one attached hydrogen (secondary N) is 1. The van der Waals surface area contributed by atoms with Gasteiger partial charge in [0.05, 0.1) is 11.2 Å². The number of furan rings is 1. The standard InChI is InChI=1S/C21H29N3O4S/c1-21(2,3)17-6-8-18(9-7-17)29(26,27)24-14-12-23(13-15-24)11-10-22-20(25)19-5-4-16-28-19/h4-9,16H,10-15H2,1-3H3,(H,22,25). The van der Waals surface area contributed by atoms with Gasteiger partial charge in [-0.3, -0.25) is 9.69 Å². The maximum atomic E-state index is 12.9. The summed E-state index contributed by atoms with van der Waals surface area (Å²) in [7, 11) is -3.49. The Labute approximate surface area is 172 Å². The number of piperazine rings is 1. The number of hydrogen-bond acceptors (Lipinski definition) is 5. The molecule has 3 rings (SSSR count). The van der Waals surface area contributed by atoms with E-state index in [2.05, 4.69) is 31.0 Å². The summed E-state index contributed by atoms with van der Waals surface area (Å²) in [4.78, 5) is 14.4. The minimum Gasteiger partial charge on any atom is -0.459 e. The average molecular weight is 420 g/mol. The minimum absolute atomic E-state index is 0.0136. The first-order valence-electron chi connectivity index (χ1n) is 9.83. The number of hydrogen-bond donors (Lipinski definition) is 1. The molecule has 8 heteroatoms. The number of amides is 1. The van der Waals surface area contributed by atoms with Crippen LogP contribution in [0.2, 0.25) is 0 Å². The normalized spacial score (nSPS) is 16.7. The quantitative estimate of drug-likeness (QED) is 0.777. The summed E-state index contributed by atoms with van der Waals surface area (Å²) in [5.41, 5.74) is 1.10. The van der Waals surface area contributed by atoms with E-state index < -0.39 is 10.0 Å². The third kappa shape index (κ3) is 5.26. The van der Waals surface area contributed by atoms with Crippen molar-refractivity contribution in [1.29, 1.82) is 0 Å². The molecule has 1 fully saturated rings. The van der Waals surface area contributed by atoms with Crippen molar-refractivity contribution in [1.82, 2.24) is 14.5 Å². The third-order valence-corrected chi connectivity index (χ3v) is 7.06. The van der Waals surface area contributed by atoms with Crippen molar-refractivity contribution < 1.29 is 17.6 Å². The smallest absolute Gasteiger partial charge is 0.287 e. The molecule has 1 saturated heterocycles. The molecule has 0 bridgehead atoms. The van der Waals surface area contributed by atoms with Crippen LogP contribution in [-0.4, -0.2) is 62.8 Å². The van der Waals surface area contributed by atoms with Crippen molar-refractivity contribution in [2.75, 3.05) is 39.3 Å². The second kappa shape index (κ2) is 8.69. The summed E-state index contributed by atoms with van der Waals surface area (Å²) in [5.74, 6) is 0.0494. The van der Waals surface area contributed by atoms with Gasteiger partial charge in [0, 0.05) is 39.3 Å². The van der Waals surface area contributed by atoms with Crippen molar-refractivity contribution in [2.24, 2.45) is 0 Å². The van der Waals surface area contributed by atoms with E-state index in [4.69, 9.17) is 4.42 Å². The molecule has 29 heavy (non-hydrogen) atoms. The zero-order valence-electron chi connectivity index (χ0n) is 17.2. The average Bonchev–Trinajstić information content (AvgIpc) is 3.23. The van der Waals surface area contributed by atoms with E-state index in [1.165, 1.54) is 10.6 Å². The molecule has 1 aliphatic rings. The lowest BCUT2D eigenvalue weighted by Crippen LogP contribution is -2.50. The fraction of sp³-hybridized carbons (Fsp3) is 0.476. The van der Waals surface area contributed by atoms with Crippen molar-refractivity contribution in [3.8, 4) is 0 Å². The Morgan fingerprint density at radius 1 is 1.07 bits per heavy atom.